The molecular formula is C42H54F3N9O4S. The van der Waals surface area contributed by atoms with Gasteiger partial charge in [0, 0.05) is 93.9 Å². The first-order valence-electron chi connectivity index (χ1n) is 20.6. The number of carbonyl (C=O) groups excluding carboxylic acids is 2. The Bertz CT molecular complexity index is 1970. The predicted molar refractivity (Wildman–Crippen MR) is 219 cm³/mol. The second-order valence-corrected chi connectivity index (χ2v) is 17.9. The lowest BCUT2D eigenvalue weighted by molar-refractivity contribution is -0.137. The minimum atomic E-state index is -4.63. The second-order valence-electron chi connectivity index (χ2n) is 16.7. The topological polar surface area (TPSA) is 141 Å². The molecule has 6 heterocycles. The van der Waals surface area contributed by atoms with Gasteiger partial charge in [0.2, 0.25) is 17.8 Å². The number of aromatic nitrogens is 4. The first-order valence-corrected chi connectivity index (χ1v) is 21.4. The Morgan fingerprint density at radius 1 is 0.983 bits per heavy atom. The Hall–Kier alpha value is -4.05. The van der Waals surface area contributed by atoms with Crippen LogP contribution in [0.4, 0.5) is 19.1 Å². The summed E-state index contributed by atoms with van der Waals surface area (Å²) in [4.78, 5) is 34.7. The average molecular weight is 838 g/mol. The summed E-state index contributed by atoms with van der Waals surface area (Å²) in [6, 6.07) is 7.71. The molecule has 17 heteroatoms. The lowest BCUT2D eigenvalue weighted by atomic mass is 9.90. The monoisotopic (exact) mass is 837 g/mol. The standard InChI is InChI=1S/C42H54F3N9O4S/c1-41(2,57)28-52-27-32(24-47-52)38-36(42(43,44)45)25-46-40(50-38)48-33-12-20-54(21-13-33)59-53-18-10-30(11-19-53)26-51-16-14-34(15-17-51)58-22-4-6-29-5-3-7-31(23-29)35-8-9-37(55)49-39(35)56/h3,5,7,23-25,27,30,33-35,57H,8-22,26,28H2,1-2H3,(H,46,48,50)(H,49,55,56). The van der Waals surface area contributed by atoms with Crippen LogP contribution in [0.5, 0.6) is 0 Å². The number of carbonyl (C=O) groups is 2. The van der Waals surface area contributed by atoms with Crippen molar-refractivity contribution < 1.29 is 32.6 Å². The number of halogens is 3. The molecule has 0 saturated carbocycles. The molecule has 59 heavy (non-hydrogen) atoms. The first-order chi connectivity index (χ1) is 28.2. The van der Waals surface area contributed by atoms with E-state index >= 15 is 0 Å². The number of hydrogen-bond acceptors (Lipinski definition) is 12. The number of benzene rings is 1. The van der Waals surface area contributed by atoms with Crippen LogP contribution in [-0.2, 0) is 27.0 Å². The van der Waals surface area contributed by atoms with Gasteiger partial charge in [0.15, 0.2) is 0 Å². The van der Waals surface area contributed by atoms with E-state index in [2.05, 4.69) is 51.1 Å². The summed E-state index contributed by atoms with van der Waals surface area (Å²) >= 11 is 1.81. The molecule has 0 aliphatic carbocycles. The number of aliphatic hydroxyl groups is 1. The molecule has 1 unspecified atom stereocenters. The van der Waals surface area contributed by atoms with E-state index in [9.17, 15) is 27.9 Å². The van der Waals surface area contributed by atoms with Crippen LogP contribution >= 0.6 is 12.1 Å². The summed E-state index contributed by atoms with van der Waals surface area (Å²) < 4.78 is 54.1. The Morgan fingerprint density at radius 3 is 2.41 bits per heavy atom. The molecule has 2 amide bonds. The molecule has 4 aliphatic rings. The van der Waals surface area contributed by atoms with Crippen LogP contribution in [0, 0.1) is 17.8 Å². The zero-order valence-corrected chi connectivity index (χ0v) is 34.5. The summed E-state index contributed by atoms with van der Waals surface area (Å²) in [5.41, 5.74) is -0.309. The molecular weight excluding hydrogens is 784 g/mol. The summed E-state index contributed by atoms with van der Waals surface area (Å²) in [5, 5.41) is 20.0. The van der Waals surface area contributed by atoms with E-state index in [1.165, 1.54) is 17.1 Å². The summed E-state index contributed by atoms with van der Waals surface area (Å²) in [7, 11) is 0. The minimum absolute atomic E-state index is 0.0406. The molecule has 0 spiro atoms. The van der Waals surface area contributed by atoms with E-state index in [1.807, 2.05) is 36.4 Å². The van der Waals surface area contributed by atoms with Crippen LogP contribution in [-0.4, -0.2) is 120 Å². The van der Waals surface area contributed by atoms with E-state index in [0.717, 1.165) is 102 Å². The van der Waals surface area contributed by atoms with Crippen molar-refractivity contribution in [2.45, 2.75) is 102 Å². The van der Waals surface area contributed by atoms with Crippen molar-refractivity contribution in [3.8, 4) is 23.1 Å². The number of likely N-dealkylation sites (tertiary alicyclic amines) is 1. The Labute approximate surface area is 348 Å². The predicted octanol–water partition coefficient (Wildman–Crippen LogP) is 5.33. The third-order valence-electron chi connectivity index (χ3n) is 11.3. The fraction of sp³-hybridized carbons (Fsp3) is 0.595. The number of rotatable bonds is 12. The van der Waals surface area contributed by atoms with Crippen LogP contribution in [0.25, 0.3) is 11.3 Å². The number of nitrogens with one attached hydrogen (secondary N) is 2. The minimum Gasteiger partial charge on any atom is -0.389 e. The van der Waals surface area contributed by atoms with Gasteiger partial charge < -0.3 is 20.1 Å². The Kier molecular flexibility index (Phi) is 14.0. The van der Waals surface area contributed by atoms with E-state index < -0.39 is 17.3 Å². The van der Waals surface area contributed by atoms with Gasteiger partial charge in [-0.25, -0.2) is 18.6 Å². The lowest BCUT2D eigenvalue weighted by Crippen LogP contribution is -2.43. The van der Waals surface area contributed by atoms with E-state index in [4.69, 9.17) is 4.74 Å². The molecule has 3 aromatic rings. The zero-order chi connectivity index (χ0) is 41.6. The number of hydrogen-bond donors (Lipinski definition) is 3. The van der Waals surface area contributed by atoms with Crippen molar-refractivity contribution >= 4 is 29.9 Å². The van der Waals surface area contributed by atoms with Crippen LogP contribution in [0.15, 0.2) is 42.9 Å². The number of piperidine rings is 4. The van der Waals surface area contributed by atoms with Crippen LogP contribution in [0.3, 0.4) is 0 Å². The van der Waals surface area contributed by atoms with Crippen molar-refractivity contribution in [2.75, 3.05) is 57.7 Å². The number of alkyl halides is 3. The van der Waals surface area contributed by atoms with Gasteiger partial charge in [0.1, 0.15) is 12.2 Å². The van der Waals surface area contributed by atoms with E-state index in [1.54, 1.807) is 13.8 Å². The number of anilines is 1. The molecule has 4 fully saturated rings. The summed E-state index contributed by atoms with van der Waals surface area (Å²) in [5.74, 6) is 6.36. The highest BCUT2D eigenvalue weighted by Crippen LogP contribution is 2.37. The van der Waals surface area contributed by atoms with Crippen molar-refractivity contribution in [1.29, 1.82) is 0 Å². The highest BCUT2D eigenvalue weighted by atomic mass is 32.2. The SMILES string of the molecule is CC(C)(O)Cn1cc(-c2nc(NC3CCN(SN4CCC(CN5CCC(OCC#Cc6cccc(C7CCC(=O)NC7=O)c6)CC5)CC4)CC3)ncc2C(F)(F)F)cn1. The van der Waals surface area contributed by atoms with Gasteiger partial charge >= 0.3 is 6.18 Å². The van der Waals surface area contributed by atoms with Crippen molar-refractivity contribution in [2.24, 2.45) is 5.92 Å². The smallest absolute Gasteiger partial charge is 0.389 e. The number of ether oxygens (including phenoxy) is 1. The van der Waals surface area contributed by atoms with E-state index in [0.29, 0.717) is 25.4 Å². The Morgan fingerprint density at radius 2 is 1.71 bits per heavy atom. The van der Waals surface area contributed by atoms with Crippen LogP contribution < -0.4 is 10.6 Å². The number of nitrogens with zero attached hydrogens (tertiary/aromatic N) is 7. The fourth-order valence-corrected chi connectivity index (χ4v) is 9.29. The molecule has 4 aliphatic heterocycles. The molecule has 2 aromatic heterocycles. The van der Waals surface area contributed by atoms with Gasteiger partial charge in [-0.2, -0.15) is 18.3 Å². The highest BCUT2D eigenvalue weighted by Gasteiger charge is 2.36. The third-order valence-corrected chi connectivity index (χ3v) is 12.5. The molecule has 0 bridgehead atoms. The molecule has 4 saturated heterocycles. The second kappa shape index (κ2) is 19.1. The van der Waals surface area contributed by atoms with Gasteiger partial charge in [-0.05, 0) is 82.4 Å². The first kappa shape index (κ1) is 43.1. The zero-order valence-electron chi connectivity index (χ0n) is 33.7. The van der Waals surface area contributed by atoms with Gasteiger partial charge in [0.05, 0.1) is 36.1 Å². The van der Waals surface area contributed by atoms with Crippen LogP contribution in [0.1, 0.15) is 87.8 Å². The molecule has 7 rings (SSSR count). The fourth-order valence-electron chi connectivity index (χ4n) is 8.21. The molecule has 0 radical (unpaired) electrons. The number of amides is 2. The van der Waals surface area contributed by atoms with Gasteiger partial charge in [0.25, 0.3) is 0 Å². The lowest BCUT2D eigenvalue weighted by Gasteiger charge is -2.39. The largest absolute Gasteiger partial charge is 0.419 e. The van der Waals surface area contributed by atoms with Gasteiger partial charge in [-0.15, -0.1) is 0 Å². The average Bonchev–Trinajstić information content (AvgIpc) is 3.65. The van der Waals surface area contributed by atoms with Crippen molar-refractivity contribution in [3.05, 3.63) is 59.5 Å². The highest BCUT2D eigenvalue weighted by molar-refractivity contribution is 7.94. The van der Waals surface area contributed by atoms with Gasteiger partial charge in [-0.3, -0.25) is 19.6 Å². The van der Waals surface area contributed by atoms with E-state index in [-0.39, 0.29) is 53.6 Å². The van der Waals surface area contributed by atoms with Gasteiger partial charge in [-0.1, -0.05) is 24.0 Å². The van der Waals surface area contributed by atoms with Crippen molar-refractivity contribution in [3.63, 3.8) is 0 Å². The number of imide groups is 1. The van der Waals surface area contributed by atoms with Crippen LogP contribution in [0.2, 0.25) is 0 Å². The molecule has 1 atom stereocenters. The third kappa shape index (κ3) is 12.3. The Balaban J connectivity index is 0.784. The quantitative estimate of drug-likeness (QED) is 0.123. The molecule has 3 N–H and O–H groups in total. The molecule has 318 valence electrons. The molecule has 1 aromatic carbocycles. The maximum atomic E-state index is 13.9. The normalized spacial score (nSPS) is 21.3. The summed E-state index contributed by atoms with van der Waals surface area (Å²) in [6.45, 7) is 10.6. The maximum absolute atomic E-state index is 13.9. The summed E-state index contributed by atoms with van der Waals surface area (Å²) in [6.07, 6.45) is 6.02. The molecule has 13 nitrogen and oxygen atoms in total. The maximum Gasteiger partial charge on any atom is 0.419 e. The van der Waals surface area contributed by atoms with Crippen molar-refractivity contribution in [1.82, 2.24) is 38.6 Å².